The first-order valence-corrected chi connectivity index (χ1v) is 11.0. The van der Waals surface area contributed by atoms with Gasteiger partial charge in [0.25, 0.3) is 0 Å². The molecule has 0 aromatic heterocycles. The summed E-state index contributed by atoms with van der Waals surface area (Å²) < 4.78 is 33.7. The molecule has 3 N–H and O–H groups in total. The van der Waals surface area contributed by atoms with Crippen molar-refractivity contribution in [3.05, 3.63) is 24.3 Å². The van der Waals surface area contributed by atoms with Crippen molar-refractivity contribution in [1.29, 1.82) is 0 Å². The van der Waals surface area contributed by atoms with Gasteiger partial charge in [-0.15, -0.1) is 0 Å². The molecule has 25 heavy (non-hydrogen) atoms. The Morgan fingerprint density at radius 1 is 0.960 bits per heavy atom. The summed E-state index contributed by atoms with van der Waals surface area (Å²) in [5.41, 5.74) is 5.88. The van der Waals surface area contributed by atoms with Crippen LogP contribution in [0.15, 0.2) is 29.2 Å². The molecule has 1 aromatic rings. The van der Waals surface area contributed by atoms with E-state index in [2.05, 4.69) is 4.72 Å². The molecule has 0 amide bonds. The molecule has 2 aliphatic rings. The van der Waals surface area contributed by atoms with Crippen LogP contribution >= 0.6 is 0 Å². The van der Waals surface area contributed by atoms with Crippen LogP contribution in [-0.4, -0.2) is 27.1 Å². The highest BCUT2D eigenvalue weighted by Gasteiger charge is 2.24. The maximum Gasteiger partial charge on any atom is 0.240 e. The largest absolute Gasteiger partial charge is 0.493 e. The lowest BCUT2D eigenvalue weighted by Gasteiger charge is -2.26. The first-order valence-electron chi connectivity index (χ1n) is 9.54. The molecule has 2 fully saturated rings. The van der Waals surface area contributed by atoms with Crippen molar-refractivity contribution in [1.82, 2.24) is 4.72 Å². The van der Waals surface area contributed by atoms with Gasteiger partial charge in [-0.25, -0.2) is 13.1 Å². The molecule has 0 aliphatic heterocycles. The van der Waals surface area contributed by atoms with E-state index in [0.29, 0.717) is 10.8 Å². The molecule has 0 saturated heterocycles. The van der Waals surface area contributed by atoms with Gasteiger partial charge in [-0.1, -0.05) is 19.3 Å². The van der Waals surface area contributed by atoms with Gasteiger partial charge in [-0.05, 0) is 68.7 Å². The number of nitrogens with two attached hydrogens (primary N) is 1. The molecule has 2 aliphatic carbocycles. The molecule has 2 saturated carbocycles. The SMILES string of the molecule is NC1CCC(NS(=O)(=O)c2ccc(OCC3CCCCC3)cc2)CC1. The van der Waals surface area contributed by atoms with Crippen LogP contribution in [0.2, 0.25) is 0 Å². The summed E-state index contributed by atoms with van der Waals surface area (Å²) in [6.45, 7) is 0.729. The van der Waals surface area contributed by atoms with E-state index in [-0.39, 0.29) is 12.1 Å². The number of ether oxygens (including phenoxy) is 1. The Morgan fingerprint density at radius 2 is 1.60 bits per heavy atom. The van der Waals surface area contributed by atoms with Crippen LogP contribution in [0.5, 0.6) is 5.75 Å². The Labute approximate surface area is 151 Å². The second kappa shape index (κ2) is 8.52. The summed E-state index contributed by atoms with van der Waals surface area (Å²) in [6, 6.07) is 6.98. The van der Waals surface area contributed by atoms with Gasteiger partial charge in [0.2, 0.25) is 10.0 Å². The molecule has 0 unspecified atom stereocenters. The summed E-state index contributed by atoms with van der Waals surface area (Å²) in [6.07, 6.45) is 9.77. The minimum atomic E-state index is -3.48. The van der Waals surface area contributed by atoms with Crippen molar-refractivity contribution < 1.29 is 13.2 Å². The predicted molar refractivity (Wildman–Crippen MR) is 99.1 cm³/mol. The fourth-order valence-corrected chi connectivity index (χ4v) is 5.11. The second-order valence-corrected chi connectivity index (χ2v) is 9.23. The first kappa shape index (κ1) is 18.7. The van der Waals surface area contributed by atoms with Crippen molar-refractivity contribution in [3.63, 3.8) is 0 Å². The van der Waals surface area contributed by atoms with Crippen molar-refractivity contribution in [2.75, 3.05) is 6.61 Å². The number of nitrogens with one attached hydrogen (secondary N) is 1. The average Bonchev–Trinajstić information content (AvgIpc) is 2.63. The summed E-state index contributed by atoms with van der Waals surface area (Å²) in [4.78, 5) is 0.299. The third-order valence-corrected chi connectivity index (χ3v) is 6.97. The summed E-state index contributed by atoms with van der Waals surface area (Å²) in [5, 5.41) is 0. The van der Waals surface area contributed by atoms with E-state index in [1.807, 2.05) is 0 Å². The van der Waals surface area contributed by atoms with E-state index >= 15 is 0 Å². The van der Waals surface area contributed by atoms with Crippen LogP contribution in [0.4, 0.5) is 0 Å². The Morgan fingerprint density at radius 3 is 2.24 bits per heavy atom. The van der Waals surface area contributed by atoms with E-state index in [1.165, 1.54) is 32.1 Å². The highest BCUT2D eigenvalue weighted by atomic mass is 32.2. The van der Waals surface area contributed by atoms with E-state index in [0.717, 1.165) is 38.0 Å². The Kier molecular flexibility index (Phi) is 6.36. The van der Waals surface area contributed by atoms with E-state index in [4.69, 9.17) is 10.5 Å². The Hall–Kier alpha value is -1.11. The molecule has 3 rings (SSSR count). The van der Waals surface area contributed by atoms with Crippen molar-refractivity contribution in [2.45, 2.75) is 74.8 Å². The number of benzene rings is 1. The van der Waals surface area contributed by atoms with Crippen LogP contribution in [-0.2, 0) is 10.0 Å². The van der Waals surface area contributed by atoms with Crippen LogP contribution in [0.3, 0.4) is 0 Å². The first-order chi connectivity index (χ1) is 12.0. The zero-order valence-corrected chi connectivity index (χ0v) is 15.6. The molecule has 0 spiro atoms. The smallest absolute Gasteiger partial charge is 0.240 e. The molecule has 0 radical (unpaired) electrons. The molecule has 0 bridgehead atoms. The predicted octanol–water partition coefficient (Wildman–Crippen LogP) is 3.19. The van der Waals surface area contributed by atoms with Gasteiger partial charge in [0.1, 0.15) is 5.75 Å². The highest BCUT2D eigenvalue weighted by molar-refractivity contribution is 7.89. The Balaban J connectivity index is 1.53. The van der Waals surface area contributed by atoms with Gasteiger partial charge in [-0.3, -0.25) is 0 Å². The summed E-state index contributed by atoms with van der Waals surface area (Å²) in [7, 11) is -3.48. The molecule has 0 heterocycles. The standard InChI is InChI=1S/C19H30N2O3S/c20-16-6-8-17(9-7-16)21-25(22,23)19-12-10-18(11-13-19)24-14-15-4-2-1-3-5-15/h10-13,15-17,21H,1-9,14,20H2. The molecule has 6 heteroatoms. The molecule has 0 atom stereocenters. The van der Waals surface area contributed by atoms with Crippen LogP contribution in [0.1, 0.15) is 57.8 Å². The maximum absolute atomic E-state index is 12.5. The summed E-state index contributed by atoms with van der Waals surface area (Å²) >= 11 is 0. The third kappa shape index (κ3) is 5.43. The number of hydrogen-bond donors (Lipinski definition) is 2. The van der Waals surface area contributed by atoms with Crippen molar-refractivity contribution in [2.24, 2.45) is 11.7 Å². The molecular formula is C19H30N2O3S. The third-order valence-electron chi connectivity index (χ3n) is 5.44. The van der Waals surface area contributed by atoms with Gasteiger partial charge in [0.15, 0.2) is 0 Å². The van der Waals surface area contributed by atoms with Gasteiger partial charge >= 0.3 is 0 Å². The molecule has 5 nitrogen and oxygen atoms in total. The van der Waals surface area contributed by atoms with E-state index in [9.17, 15) is 8.42 Å². The lowest BCUT2D eigenvalue weighted by molar-refractivity contribution is 0.209. The Bertz CT molecular complexity index is 631. The van der Waals surface area contributed by atoms with Crippen LogP contribution in [0.25, 0.3) is 0 Å². The highest BCUT2D eigenvalue weighted by Crippen LogP contribution is 2.25. The van der Waals surface area contributed by atoms with Gasteiger partial charge in [0, 0.05) is 12.1 Å². The fraction of sp³-hybridized carbons (Fsp3) is 0.684. The monoisotopic (exact) mass is 366 g/mol. The minimum absolute atomic E-state index is 0.00738. The van der Waals surface area contributed by atoms with Crippen molar-refractivity contribution in [3.8, 4) is 5.75 Å². The topological polar surface area (TPSA) is 81.4 Å². The fourth-order valence-electron chi connectivity index (χ4n) is 3.81. The van der Waals surface area contributed by atoms with E-state index in [1.54, 1.807) is 24.3 Å². The zero-order chi connectivity index (χ0) is 17.7. The lowest BCUT2D eigenvalue weighted by Crippen LogP contribution is -2.40. The number of rotatable bonds is 6. The van der Waals surface area contributed by atoms with Crippen LogP contribution in [0, 0.1) is 5.92 Å². The maximum atomic E-state index is 12.5. The second-order valence-electron chi connectivity index (χ2n) is 7.52. The molecule has 140 valence electrons. The summed E-state index contributed by atoms with van der Waals surface area (Å²) in [5.74, 6) is 1.38. The normalized spacial score (nSPS) is 25.6. The minimum Gasteiger partial charge on any atom is -0.493 e. The van der Waals surface area contributed by atoms with Crippen molar-refractivity contribution >= 4 is 10.0 Å². The van der Waals surface area contributed by atoms with Crippen LogP contribution < -0.4 is 15.2 Å². The zero-order valence-electron chi connectivity index (χ0n) is 14.8. The number of sulfonamides is 1. The number of hydrogen-bond acceptors (Lipinski definition) is 4. The van der Waals surface area contributed by atoms with Gasteiger partial charge < -0.3 is 10.5 Å². The molecule has 1 aromatic carbocycles. The van der Waals surface area contributed by atoms with E-state index < -0.39 is 10.0 Å². The molecular weight excluding hydrogens is 336 g/mol. The quantitative estimate of drug-likeness (QED) is 0.810. The lowest BCUT2D eigenvalue weighted by atomic mass is 9.90. The van der Waals surface area contributed by atoms with Gasteiger partial charge in [0.05, 0.1) is 11.5 Å². The average molecular weight is 367 g/mol. The van der Waals surface area contributed by atoms with Gasteiger partial charge in [-0.2, -0.15) is 0 Å².